The molecular formula is C38H44N4O5. The molecule has 1 saturated carbocycles. The van der Waals surface area contributed by atoms with Gasteiger partial charge in [-0.05, 0) is 111 Å². The zero-order valence-corrected chi connectivity index (χ0v) is 28.0. The number of carbonyl (C=O) groups is 1. The Kier molecular flexibility index (Phi) is 8.40. The summed E-state index contributed by atoms with van der Waals surface area (Å²) in [4.78, 5) is 19.3. The van der Waals surface area contributed by atoms with Gasteiger partial charge in [0, 0.05) is 18.7 Å². The van der Waals surface area contributed by atoms with Crippen LogP contribution in [0.4, 0.5) is 0 Å². The Hall–Kier alpha value is -4.05. The van der Waals surface area contributed by atoms with E-state index in [1.54, 1.807) is 0 Å². The van der Waals surface area contributed by atoms with Crippen LogP contribution in [0.25, 0.3) is 17.1 Å². The van der Waals surface area contributed by atoms with Gasteiger partial charge in [0.25, 0.3) is 0 Å². The largest absolute Gasteiger partial charge is 0.477 e. The molecule has 9 nitrogen and oxygen atoms in total. The van der Waals surface area contributed by atoms with Crippen molar-refractivity contribution in [3.63, 3.8) is 0 Å². The number of fused-ring (bicyclic) bond motifs is 1. The van der Waals surface area contributed by atoms with Gasteiger partial charge in [0.15, 0.2) is 11.6 Å². The summed E-state index contributed by atoms with van der Waals surface area (Å²) >= 11 is 0. The van der Waals surface area contributed by atoms with E-state index in [0.29, 0.717) is 43.5 Å². The molecule has 47 heavy (non-hydrogen) atoms. The number of ether oxygens (including phenoxy) is 3. The van der Waals surface area contributed by atoms with E-state index in [-0.39, 0.29) is 11.4 Å². The van der Waals surface area contributed by atoms with E-state index in [1.807, 2.05) is 39.0 Å². The van der Waals surface area contributed by atoms with E-state index in [0.717, 1.165) is 43.6 Å². The monoisotopic (exact) mass is 636 g/mol. The molecular weight excluding hydrogens is 592 g/mol. The van der Waals surface area contributed by atoms with E-state index < -0.39 is 11.8 Å². The summed E-state index contributed by atoms with van der Waals surface area (Å²) in [5.41, 5.74) is 10.5. The van der Waals surface area contributed by atoms with Crippen molar-refractivity contribution in [3.05, 3.63) is 93.7 Å². The highest BCUT2D eigenvalue weighted by molar-refractivity contribution is 5.90. The highest BCUT2D eigenvalue weighted by atomic mass is 16.7. The Morgan fingerprint density at radius 1 is 1.09 bits per heavy atom. The summed E-state index contributed by atoms with van der Waals surface area (Å²) in [5.74, 6) is 0.169. The summed E-state index contributed by atoms with van der Waals surface area (Å²) in [6, 6.07) is 17.2. The van der Waals surface area contributed by atoms with Gasteiger partial charge >= 0.3 is 5.97 Å². The van der Waals surface area contributed by atoms with Gasteiger partial charge in [-0.15, -0.1) is 0 Å². The summed E-state index contributed by atoms with van der Waals surface area (Å²) in [6.07, 6.45) is 4.59. The normalized spacial score (nSPS) is 21.0. The molecule has 1 aliphatic carbocycles. The number of hydrogen-bond acceptors (Lipinski definition) is 7. The van der Waals surface area contributed by atoms with Crippen LogP contribution in [0, 0.1) is 19.8 Å². The quantitative estimate of drug-likeness (QED) is 0.222. The predicted molar refractivity (Wildman–Crippen MR) is 179 cm³/mol. The molecule has 4 heterocycles. The topological polar surface area (TPSA) is 98.9 Å². The molecule has 4 aromatic rings. The number of benzene rings is 2. The standard InChI is InChI=1S/C38H44N4O5/c1-6-45-36-32(37(43)44)19-39-42(36)34-12-8-11-33(40-34)30-10-7-9-23(2)35(30)31-18-27(31)17-25-13-14-26-20-41(16-15-29(26)24(25)3)28-21-46-38(4,5)47-22-28/h7-14,19,27-28,31H,6,15-18,20-22H2,1-5H3,(H,43,44). The van der Waals surface area contributed by atoms with Gasteiger partial charge in [-0.25, -0.2) is 9.78 Å². The van der Waals surface area contributed by atoms with Gasteiger partial charge in [0.1, 0.15) is 5.56 Å². The maximum absolute atomic E-state index is 11.8. The predicted octanol–water partition coefficient (Wildman–Crippen LogP) is 6.50. The summed E-state index contributed by atoms with van der Waals surface area (Å²) < 4.78 is 19.1. The lowest BCUT2D eigenvalue weighted by Crippen LogP contribution is -2.51. The lowest BCUT2D eigenvalue weighted by molar-refractivity contribution is -0.264. The number of aryl methyl sites for hydroxylation is 1. The SMILES string of the molecule is CCOc1c(C(=O)O)cnn1-c1cccc(-c2cccc(C)c2C2CC2Cc2ccc3c(c2C)CCN(C2COC(C)(C)OC2)C3)n1. The van der Waals surface area contributed by atoms with Gasteiger partial charge in [0.05, 0.1) is 37.8 Å². The van der Waals surface area contributed by atoms with E-state index in [2.05, 4.69) is 54.2 Å². The lowest BCUT2D eigenvalue weighted by Gasteiger charge is -2.42. The minimum atomic E-state index is -1.08. The lowest BCUT2D eigenvalue weighted by atomic mass is 9.88. The third-order valence-corrected chi connectivity index (χ3v) is 10.2. The molecule has 246 valence electrons. The number of carboxylic acids is 1. The average Bonchev–Trinajstić information content (AvgIpc) is 3.68. The fourth-order valence-electron chi connectivity index (χ4n) is 7.46. The van der Waals surface area contributed by atoms with Gasteiger partial charge < -0.3 is 19.3 Å². The second kappa shape index (κ2) is 12.5. The van der Waals surface area contributed by atoms with Crippen LogP contribution in [0.15, 0.2) is 54.7 Å². The molecule has 7 rings (SSSR count). The first-order valence-electron chi connectivity index (χ1n) is 16.8. The van der Waals surface area contributed by atoms with Crippen LogP contribution < -0.4 is 4.74 Å². The van der Waals surface area contributed by atoms with E-state index in [1.165, 1.54) is 44.3 Å². The Balaban J connectivity index is 1.09. The Labute approximate surface area is 276 Å². The second-order valence-electron chi connectivity index (χ2n) is 13.6. The smallest absolute Gasteiger partial charge is 0.342 e. The molecule has 0 amide bonds. The van der Waals surface area contributed by atoms with Gasteiger partial charge in [-0.3, -0.25) is 4.90 Å². The van der Waals surface area contributed by atoms with Crippen molar-refractivity contribution < 1.29 is 24.1 Å². The maximum Gasteiger partial charge on any atom is 0.342 e. The van der Waals surface area contributed by atoms with Crippen molar-refractivity contribution in [3.8, 4) is 23.0 Å². The summed E-state index contributed by atoms with van der Waals surface area (Å²) in [6.45, 7) is 14.0. The van der Waals surface area contributed by atoms with Gasteiger partial charge in [-0.1, -0.05) is 36.4 Å². The van der Waals surface area contributed by atoms with Crippen molar-refractivity contribution in [2.24, 2.45) is 5.92 Å². The highest BCUT2D eigenvalue weighted by Crippen LogP contribution is 2.53. The molecule has 9 heteroatoms. The fourth-order valence-corrected chi connectivity index (χ4v) is 7.46. The second-order valence-corrected chi connectivity index (χ2v) is 13.6. The zero-order valence-electron chi connectivity index (χ0n) is 28.0. The van der Waals surface area contributed by atoms with Crippen LogP contribution in [0.1, 0.15) is 76.8 Å². The van der Waals surface area contributed by atoms with E-state index in [9.17, 15) is 9.90 Å². The Morgan fingerprint density at radius 3 is 2.64 bits per heavy atom. The Bertz CT molecular complexity index is 1800. The molecule has 1 N–H and O–H groups in total. The van der Waals surface area contributed by atoms with Crippen LogP contribution in [0.3, 0.4) is 0 Å². The molecule has 3 aliphatic rings. The van der Waals surface area contributed by atoms with Crippen LogP contribution in [-0.2, 0) is 28.9 Å². The number of pyridine rings is 1. The van der Waals surface area contributed by atoms with Gasteiger partial charge in [-0.2, -0.15) is 9.78 Å². The van der Waals surface area contributed by atoms with Crippen molar-refractivity contribution >= 4 is 5.97 Å². The number of nitrogens with zero attached hydrogens (tertiary/aromatic N) is 4. The Morgan fingerprint density at radius 2 is 1.87 bits per heavy atom. The van der Waals surface area contributed by atoms with E-state index in [4.69, 9.17) is 19.2 Å². The number of aromatic carboxylic acids is 1. The third kappa shape index (κ3) is 6.20. The molecule has 0 spiro atoms. The molecule has 0 bridgehead atoms. The van der Waals surface area contributed by atoms with Crippen molar-refractivity contribution in [2.45, 2.75) is 78.2 Å². The first kappa shape index (κ1) is 31.5. The molecule has 2 unspecified atom stereocenters. The number of carboxylic acid groups (broad SMARTS) is 1. The molecule has 2 atom stereocenters. The molecule has 2 aliphatic heterocycles. The number of rotatable bonds is 9. The van der Waals surface area contributed by atoms with Crippen LogP contribution >= 0.6 is 0 Å². The summed E-state index contributed by atoms with van der Waals surface area (Å²) in [5, 5.41) is 13.9. The number of hydrogen-bond donors (Lipinski definition) is 1. The molecule has 2 aromatic carbocycles. The first-order valence-corrected chi connectivity index (χ1v) is 16.8. The van der Waals surface area contributed by atoms with Crippen molar-refractivity contribution in [2.75, 3.05) is 26.4 Å². The highest BCUT2D eigenvalue weighted by Gasteiger charge is 2.41. The molecule has 2 fully saturated rings. The maximum atomic E-state index is 11.8. The van der Waals surface area contributed by atoms with E-state index >= 15 is 0 Å². The van der Waals surface area contributed by atoms with Crippen LogP contribution in [0.5, 0.6) is 5.88 Å². The van der Waals surface area contributed by atoms with Crippen molar-refractivity contribution in [1.29, 1.82) is 0 Å². The van der Waals surface area contributed by atoms with Crippen LogP contribution in [-0.4, -0.2) is 68.9 Å². The molecule has 1 saturated heterocycles. The third-order valence-electron chi connectivity index (χ3n) is 10.2. The first-order chi connectivity index (χ1) is 22.6. The number of aromatic nitrogens is 3. The van der Waals surface area contributed by atoms with Crippen molar-refractivity contribution in [1.82, 2.24) is 19.7 Å². The summed E-state index contributed by atoms with van der Waals surface area (Å²) in [7, 11) is 0. The molecule has 0 radical (unpaired) electrons. The zero-order chi connectivity index (χ0) is 32.9. The minimum Gasteiger partial charge on any atom is -0.477 e. The fraction of sp³-hybridized carbons (Fsp3) is 0.447. The van der Waals surface area contributed by atoms with Crippen LogP contribution in [0.2, 0.25) is 0 Å². The minimum absolute atomic E-state index is 0.0171. The average molecular weight is 637 g/mol. The van der Waals surface area contributed by atoms with Gasteiger partial charge in [0.2, 0.25) is 5.88 Å². The molecule has 2 aromatic heterocycles.